The highest BCUT2D eigenvalue weighted by molar-refractivity contribution is 6.30. The third-order valence-corrected chi connectivity index (χ3v) is 5.02. The second kappa shape index (κ2) is 8.81. The molecule has 4 heteroatoms. The van der Waals surface area contributed by atoms with Crippen LogP contribution in [0.3, 0.4) is 0 Å². The molecule has 1 aromatic rings. The molecule has 122 valence electrons. The maximum absolute atomic E-state index is 10.2. The molecule has 0 heterocycles. The molecule has 0 aliphatic heterocycles. The predicted molar refractivity (Wildman–Crippen MR) is 92.9 cm³/mol. The minimum atomic E-state index is -0.389. The van der Waals surface area contributed by atoms with Crippen molar-refractivity contribution in [2.75, 3.05) is 6.61 Å². The van der Waals surface area contributed by atoms with E-state index in [9.17, 15) is 5.11 Å². The first-order valence-corrected chi connectivity index (χ1v) is 8.78. The molecule has 1 fully saturated rings. The lowest BCUT2D eigenvalue weighted by atomic mass is 9.92. The van der Waals surface area contributed by atoms with Crippen LogP contribution >= 0.6 is 23.2 Å². The van der Waals surface area contributed by atoms with E-state index in [4.69, 9.17) is 27.9 Å². The van der Waals surface area contributed by atoms with Crippen LogP contribution in [0.4, 0.5) is 0 Å². The van der Waals surface area contributed by atoms with Gasteiger partial charge in [-0.1, -0.05) is 37.1 Å². The Balaban J connectivity index is 1.92. The zero-order valence-electron chi connectivity index (χ0n) is 12.9. The summed E-state index contributed by atoms with van der Waals surface area (Å²) in [4.78, 5) is 0. The van der Waals surface area contributed by atoms with Crippen LogP contribution in [0.1, 0.15) is 32.6 Å². The molecule has 0 saturated heterocycles. The summed E-state index contributed by atoms with van der Waals surface area (Å²) in [5, 5.41) is 10.9. The largest absolute Gasteiger partial charge is 0.493 e. The topological polar surface area (TPSA) is 29.5 Å². The Bertz CT molecular complexity index is 472. The lowest BCUT2D eigenvalue weighted by Gasteiger charge is -2.22. The molecule has 0 spiro atoms. The van der Waals surface area contributed by atoms with Crippen LogP contribution in [0, 0.1) is 11.8 Å². The van der Waals surface area contributed by atoms with Gasteiger partial charge in [-0.15, -0.1) is 11.6 Å². The van der Waals surface area contributed by atoms with Crippen molar-refractivity contribution in [3.63, 3.8) is 0 Å². The average molecular weight is 343 g/mol. The number of hydrogen-bond donors (Lipinski definition) is 1. The number of aliphatic hydroxyl groups excluding tert-OH is 1. The highest BCUT2D eigenvalue weighted by atomic mass is 35.5. The fraction of sp³-hybridized carbons (Fsp3) is 0.556. The summed E-state index contributed by atoms with van der Waals surface area (Å²) in [5.41, 5.74) is 0. The van der Waals surface area contributed by atoms with E-state index in [2.05, 4.69) is 19.1 Å². The van der Waals surface area contributed by atoms with Gasteiger partial charge in [0.15, 0.2) is 0 Å². The maximum Gasteiger partial charge on any atom is 0.119 e. The molecule has 22 heavy (non-hydrogen) atoms. The third-order valence-electron chi connectivity index (χ3n) is 4.26. The van der Waals surface area contributed by atoms with Crippen LogP contribution in [-0.4, -0.2) is 23.2 Å². The molecule has 1 N–H and O–H groups in total. The summed E-state index contributed by atoms with van der Waals surface area (Å²) in [6.07, 6.45) is 7.79. The molecule has 1 aromatic carbocycles. The van der Waals surface area contributed by atoms with Crippen molar-refractivity contribution in [1.82, 2.24) is 0 Å². The Kier molecular flexibility index (Phi) is 7.07. The van der Waals surface area contributed by atoms with Crippen LogP contribution in [0.25, 0.3) is 0 Å². The number of rotatable bonds is 7. The van der Waals surface area contributed by atoms with Crippen molar-refractivity contribution in [2.24, 2.45) is 11.8 Å². The number of benzene rings is 1. The second-order valence-corrected chi connectivity index (χ2v) is 6.90. The molecule has 0 aromatic heterocycles. The van der Waals surface area contributed by atoms with Gasteiger partial charge in [-0.05, 0) is 49.4 Å². The van der Waals surface area contributed by atoms with Crippen molar-refractivity contribution in [2.45, 2.75) is 44.1 Å². The molecule has 0 bridgehead atoms. The van der Waals surface area contributed by atoms with Crippen molar-refractivity contribution in [1.29, 1.82) is 0 Å². The number of alkyl halides is 1. The molecule has 1 saturated carbocycles. The van der Waals surface area contributed by atoms with Gasteiger partial charge in [-0.3, -0.25) is 0 Å². The number of halogens is 2. The molecule has 0 amide bonds. The summed E-state index contributed by atoms with van der Waals surface area (Å²) in [6, 6.07) is 7.30. The standard InChI is InChI=1S/C18H24Cl2O2/c1-2-3-4-5-6-15-16(18(21)11-17(15)20)12-22-14-9-7-13(19)8-10-14/h4-5,7-10,15-18,21H,2-3,6,11-12H2,1H3/b5-4-/t15-,16-,17-,18-/m1/s1. The van der Waals surface area contributed by atoms with Gasteiger partial charge in [0.1, 0.15) is 5.75 Å². The first-order chi connectivity index (χ1) is 10.6. The van der Waals surface area contributed by atoms with Crippen LogP contribution in [0.15, 0.2) is 36.4 Å². The van der Waals surface area contributed by atoms with Gasteiger partial charge in [-0.25, -0.2) is 0 Å². The van der Waals surface area contributed by atoms with E-state index in [0.717, 1.165) is 25.0 Å². The number of hydrogen-bond acceptors (Lipinski definition) is 2. The minimum absolute atomic E-state index is 0.0140. The average Bonchev–Trinajstić information content (AvgIpc) is 2.77. The SMILES string of the molecule is CCC/C=C\C[C@@H]1[C@@H](COc2ccc(Cl)cc2)[C@H](O)C[C@H]1Cl. The van der Waals surface area contributed by atoms with Crippen LogP contribution in [0.5, 0.6) is 5.75 Å². The van der Waals surface area contributed by atoms with Gasteiger partial charge in [0.05, 0.1) is 12.7 Å². The summed E-state index contributed by atoms with van der Waals surface area (Å²) >= 11 is 12.3. The summed E-state index contributed by atoms with van der Waals surface area (Å²) in [7, 11) is 0. The van der Waals surface area contributed by atoms with E-state index in [-0.39, 0.29) is 23.3 Å². The van der Waals surface area contributed by atoms with Gasteiger partial charge in [-0.2, -0.15) is 0 Å². The van der Waals surface area contributed by atoms with Crippen molar-refractivity contribution >= 4 is 23.2 Å². The van der Waals surface area contributed by atoms with E-state index in [1.165, 1.54) is 0 Å². The normalized spacial score (nSPS) is 28.4. The van der Waals surface area contributed by atoms with Crippen LogP contribution < -0.4 is 4.74 Å². The summed E-state index contributed by atoms with van der Waals surface area (Å²) in [5.74, 6) is 1.11. The van der Waals surface area contributed by atoms with Crippen molar-refractivity contribution in [3.8, 4) is 5.75 Å². The number of unbranched alkanes of at least 4 members (excludes halogenated alkanes) is 1. The zero-order chi connectivity index (χ0) is 15.9. The van der Waals surface area contributed by atoms with Gasteiger partial charge in [0.25, 0.3) is 0 Å². The van der Waals surface area contributed by atoms with Gasteiger partial charge in [0, 0.05) is 16.3 Å². The minimum Gasteiger partial charge on any atom is -0.493 e. The maximum atomic E-state index is 10.2. The first-order valence-electron chi connectivity index (χ1n) is 7.97. The number of ether oxygens (including phenoxy) is 1. The van der Waals surface area contributed by atoms with E-state index in [1.54, 1.807) is 12.1 Å². The highest BCUT2D eigenvalue weighted by Gasteiger charge is 2.41. The van der Waals surface area contributed by atoms with E-state index >= 15 is 0 Å². The predicted octanol–water partition coefficient (Wildman–Crippen LogP) is 5.07. The molecular formula is C18H24Cl2O2. The lowest BCUT2D eigenvalue weighted by Crippen LogP contribution is -2.27. The third kappa shape index (κ3) is 4.91. The fourth-order valence-corrected chi connectivity index (χ4v) is 3.55. The van der Waals surface area contributed by atoms with Gasteiger partial charge in [0.2, 0.25) is 0 Å². The first kappa shape index (κ1) is 17.7. The molecule has 0 unspecified atom stereocenters. The zero-order valence-corrected chi connectivity index (χ0v) is 14.4. The number of aliphatic hydroxyl groups is 1. The molecule has 2 rings (SSSR count). The Labute approximate surface area is 143 Å². The molecule has 4 atom stereocenters. The molecule has 0 radical (unpaired) electrons. The fourth-order valence-electron chi connectivity index (χ4n) is 2.95. The lowest BCUT2D eigenvalue weighted by molar-refractivity contribution is 0.0807. The van der Waals surface area contributed by atoms with Crippen LogP contribution in [-0.2, 0) is 0 Å². The summed E-state index contributed by atoms with van der Waals surface area (Å²) in [6.45, 7) is 2.65. The van der Waals surface area contributed by atoms with E-state index in [1.807, 2.05) is 12.1 Å². The van der Waals surface area contributed by atoms with Crippen LogP contribution in [0.2, 0.25) is 5.02 Å². The molecular weight excluding hydrogens is 319 g/mol. The summed E-state index contributed by atoms with van der Waals surface area (Å²) < 4.78 is 5.82. The van der Waals surface area contributed by atoms with Gasteiger partial charge < -0.3 is 9.84 Å². The van der Waals surface area contributed by atoms with Crippen molar-refractivity contribution < 1.29 is 9.84 Å². The molecule has 1 aliphatic carbocycles. The Hall–Kier alpha value is -0.700. The Morgan fingerprint density at radius 3 is 2.64 bits per heavy atom. The smallest absolute Gasteiger partial charge is 0.119 e. The van der Waals surface area contributed by atoms with E-state index < -0.39 is 0 Å². The Morgan fingerprint density at radius 1 is 1.23 bits per heavy atom. The monoisotopic (exact) mass is 342 g/mol. The van der Waals surface area contributed by atoms with E-state index in [0.29, 0.717) is 18.1 Å². The quantitative estimate of drug-likeness (QED) is 0.553. The second-order valence-electron chi connectivity index (χ2n) is 5.91. The Morgan fingerprint density at radius 2 is 1.95 bits per heavy atom. The molecule has 1 aliphatic rings. The highest BCUT2D eigenvalue weighted by Crippen LogP contribution is 2.39. The molecule has 2 nitrogen and oxygen atoms in total. The van der Waals surface area contributed by atoms with Gasteiger partial charge >= 0.3 is 0 Å². The number of allylic oxidation sites excluding steroid dienone is 2. The van der Waals surface area contributed by atoms with Crippen molar-refractivity contribution in [3.05, 3.63) is 41.4 Å².